The highest BCUT2D eigenvalue weighted by atomic mass is 16.5. The van der Waals surface area contributed by atoms with Crippen molar-refractivity contribution in [3.8, 4) is 17.6 Å². The Hall–Kier alpha value is -3.46. The third-order valence-electron chi connectivity index (χ3n) is 4.44. The quantitative estimate of drug-likeness (QED) is 0.650. The van der Waals surface area contributed by atoms with E-state index in [0.29, 0.717) is 17.2 Å². The molecule has 1 heterocycles. The number of nitriles is 1. The summed E-state index contributed by atoms with van der Waals surface area (Å²) in [6, 6.07) is 15.1. The molecule has 1 aliphatic heterocycles. The molecule has 0 atom stereocenters. The van der Waals surface area contributed by atoms with E-state index in [1.54, 1.807) is 31.5 Å². The Morgan fingerprint density at radius 1 is 1.19 bits per heavy atom. The van der Waals surface area contributed by atoms with E-state index in [1.165, 1.54) is 12.7 Å². The van der Waals surface area contributed by atoms with Gasteiger partial charge in [0.1, 0.15) is 11.6 Å². The van der Waals surface area contributed by atoms with Crippen molar-refractivity contribution in [2.75, 3.05) is 31.0 Å². The number of fused-ring (bicyclic) bond motifs is 1. The van der Waals surface area contributed by atoms with Crippen LogP contribution in [0.5, 0.6) is 11.5 Å². The van der Waals surface area contributed by atoms with E-state index in [0.717, 1.165) is 25.1 Å². The van der Waals surface area contributed by atoms with E-state index in [9.17, 15) is 10.1 Å². The van der Waals surface area contributed by atoms with Crippen molar-refractivity contribution >= 4 is 17.3 Å². The van der Waals surface area contributed by atoms with Gasteiger partial charge in [0.15, 0.2) is 11.5 Å². The van der Waals surface area contributed by atoms with Gasteiger partial charge in [-0.3, -0.25) is 4.79 Å². The molecule has 1 amide bonds. The molecule has 0 saturated heterocycles. The fourth-order valence-electron chi connectivity index (χ4n) is 3.10. The summed E-state index contributed by atoms with van der Waals surface area (Å²) >= 11 is 0. The first-order valence-electron chi connectivity index (χ1n) is 8.66. The van der Waals surface area contributed by atoms with Crippen molar-refractivity contribution in [3.05, 3.63) is 59.8 Å². The van der Waals surface area contributed by atoms with Gasteiger partial charge in [-0.15, -0.1) is 0 Å². The van der Waals surface area contributed by atoms with E-state index in [2.05, 4.69) is 11.4 Å². The minimum atomic E-state index is -0.465. The van der Waals surface area contributed by atoms with Crippen LogP contribution in [0, 0.1) is 11.3 Å². The normalized spacial score (nSPS) is 13.4. The van der Waals surface area contributed by atoms with Crippen LogP contribution in [0.4, 0.5) is 11.4 Å². The molecule has 6 nitrogen and oxygen atoms in total. The zero-order chi connectivity index (χ0) is 19.2. The van der Waals surface area contributed by atoms with Crippen molar-refractivity contribution in [2.24, 2.45) is 0 Å². The molecule has 0 bridgehead atoms. The molecule has 2 aromatic rings. The third-order valence-corrected chi connectivity index (χ3v) is 4.44. The van der Waals surface area contributed by atoms with Crippen LogP contribution in [-0.4, -0.2) is 26.7 Å². The van der Waals surface area contributed by atoms with E-state index in [4.69, 9.17) is 9.47 Å². The van der Waals surface area contributed by atoms with Gasteiger partial charge in [-0.2, -0.15) is 5.26 Å². The molecule has 0 saturated carbocycles. The molecule has 0 unspecified atom stereocenters. The third kappa shape index (κ3) is 4.04. The van der Waals surface area contributed by atoms with Gasteiger partial charge in [-0.1, -0.05) is 18.2 Å². The summed E-state index contributed by atoms with van der Waals surface area (Å²) in [4.78, 5) is 14.5. The molecule has 1 aliphatic rings. The van der Waals surface area contributed by atoms with Gasteiger partial charge < -0.3 is 19.7 Å². The van der Waals surface area contributed by atoms with Crippen molar-refractivity contribution < 1.29 is 14.3 Å². The zero-order valence-electron chi connectivity index (χ0n) is 15.4. The molecule has 0 radical (unpaired) electrons. The van der Waals surface area contributed by atoms with Crippen molar-refractivity contribution in [1.29, 1.82) is 5.26 Å². The predicted molar refractivity (Wildman–Crippen MR) is 104 cm³/mol. The summed E-state index contributed by atoms with van der Waals surface area (Å²) in [6.45, 7) is 0.770. The maximum Gasteiger partial charge on any atom is 0.267 e. The summed E-state index contributed by atoms with van der Waals surface area (Å²) in [7, 11) is 3.07. The zero-order valence-corrected chi connectivity index (χ0v) is 15.4. The van der Waals surface area contributed by atoms with Crippen LogP contribution in [0.3, 0.4) is 0 Å². The number of nitrogens with one attached hydrogen (secondary N) is 1. The highest BCUT2D eigenvalue weighted by molar-refractivity contribution is 6.07. The summed E-state index contributed by atoms with van der Waals surface area (Å²) < 4.78 is 10.4. The number of aryl methyl sites for hydroxylation is 1. The average Bonchev–Trinajstić information content (AvgIpc) is 2.71. The molecular weight excluding hydrogens is 342 g/mol. The van der Waals surface area contributed by atoms with Gasteiger partial charge in [0, 0.05) is 30.2 Å². The molecule has 1 N–H and O–H groups in total. The standard InChI is InChI=1S/C21H21N3O3/c1-26-19-10-9-17(12-20(19)27-2)23-21(25)16(13-22)14-24-11-5-7-15-6-3-4-8-18(15)24/h3-4,6,8-10,12,14H,5,7,11H2,1-2H3,(H,23,25)/b16-14-. The number of rotatable bonds is 5. The number of ether oxygens (including phenoxy) is 2. The van der Waals surface area contributed by atoms with Crippen LogP contribution in [-0.2, 0) is 11.2 Å². The van der Waals surface area contributed by atoms with Crippen LogP contribution in [0.15, 0.2) is 54.2 Å². The number of para-hydroxylation sites is 1. The Morgan fingerprint density at radius 3 is 2.70 bits per heavy atom. The van der Waals surface area contributed by atoms with Gasteiger partial charge in [0.05, 0.1) is 14.2 Å². The molecule has 27 heavy (non-hydrogen) atoms. The van der Waals surface area contributed by atoms with Crippen molar-refractivity contribution in [3.63, 3.8) is 0 Å². The van der Waals surface area contributed by atoms with E-state index in [1.807, 2.05) is 29.2 Å². The minimum Gasteiger partial charge on any atom is -0.493 e. The number of anilines is 2. The van der Waals surface area contributed by atoms with Crippen molar-refractivity contribution in [1.82, 2.24) is 0 Å². The molecule has 2 aromatic carbocycles. The number of hydrogen-bond acceptors (Lipinski definition) is 5. The SMILES string of the molecule is COc1ccc(NC(=O)/C(C#N)=C\N2CCCc3ccccc32)cc1OC. The van der Waals surface area contributed by atoms with Gasteiger partial charge in [0.25, 0.3) is 5.91 Å². The lowest BCUT2D eigenvalue weighted by molar-refractivity contribution is -0.112. The first kappa shape index (κ1) is 18.3. The maximum atomic E-state index is 12.6. The summed E-state index contributed by atoms with van der Waals surface area (Å²) in [5.74, 6) is 0.604. The average molecular weight is 363 g/mol. The van der Waals surface area contributed by atoms with E-state index < -0.39 is 5.91 Å². The molecule has 0 aliphatic carbocycles. The smallest absolute Gasteiger partial charge is 0.267 e. The summed E-state index contributed by atoms with van der Waals surface area (Å²) in [6.07, 6.45) is 3.60. The van der Waals surface area contributed by atoms with E-state index in [-0.39, 0.29) is 5.57 Å². The molecule has 0 fully saturated rings. The molecule has 3 rings (SSSR count). The molecular formula is C21H21N3O3. The van der Waals surface area contributed by atoms with Crippen LogP contribution < -0.4 is 19.7 Å². The van der Waals surface area contributed by atoms with Gasteiger partial charge in [-0.05, 0) is 36.6 Å². The predicted octanol–water partition coefficient (Wildman–Crippen LogP) is 3.50. The second kappa shape index (κ2) is 8.28. The highest BCUT2D eigenvalue weighted by Crippen LogP contribution is 2.30. The number of hydrogen-bond donors (Lipinski definition) is 1. The fraction of sp³-hybridized carbons (Fsp3) is 0.238. The number of carbonyl (C=O) groups is 1. The van der Waals surface area contributed by atoms with Crippen LogP contribution in [0.25, 0.3) is 0 Å². The molecule has 0 spiro atoms. The Bertz CT molecular complexity index is 915. The lowest BCUT2D eigenvalue weighted by Gasteiger charge is -2.28. The Labute approximate surface area is 158 Å². The number of nitrogens with zero attached hydrogens (tertiary/aromatic N) is 2. The number of methoxy groups -OCH3 is 2. The second-order valence-corrected chi connectivity index (χ2v) is 6.10. The Kier molecular flexibility index (Phi) is 5.62. The topological polar surface area (TPSA) is 74.6 Å². The largest absolute Gasteiger partial charge is 0.493 e. The second-order valence-electron chi connectivity index (χ2n) is 6.10. The van der Waals surface area contributed by atoms with Crippen LogP contribution in [0.2, 0.25) is 0 Å². The number of amides is 1. The highest BCUT2D eigenvalue weighted by Gasteiger charge is 2.18. The lowest BCUT2D eigenvalue weighted by atomic mass is 10.0. The molecule has 0 aromatic heterocycles. The number of benzene rings is 2. The summed E-state index contributed by atoms with van der Waals surface area (Å²) in [5, 5.41) is 12.2. The first-order chi connectivity index (χ1) is 13.2. The molecule has 6 heteroatoms. The van der Waals surface area contributed by atoms with Crippen molar-refractivity contribution in [2.45, 2.75) is 12.8 Å². The Morgan fingerprint density at radius 2 is 1.96 bits per heavy atom. The molecule has 138 valence electrons. The monoisotopic (exact) mass is 363 g/mol. The minimum absolute atomic E-state index is 0.0430. The van der Waals surface area contributed by atoms with Gasteiger partial charge in [0.2, 0.25) is 0 Å². The Balaban J connectivity index is 1.81. The maximum absolute atomic E-state index is 12.6. The van der Waals surface area contributed by atoms with E-state index >= 15 is 0 Å². The van der Waals surface area contributed by atoms with Gasteiger partial charge in [-0.25, -0.2) is 0 Å². The number of carbonyl (C=O) groups excluding carboxylic acids is 1. The lowest BCUT2D eigenvalue weighted by Crippen LogP contribution is -2.26. The summed E-state index contributed by atoms with van der Waals surface area (Å²) in [5.41, 5.74) is 2.83. The van der Waals surface area contributed by atoms with Crippen LogP contribution >= 0.6 is 0 Å². The van der Waals surface area contributed by atoms with Crippen LogP contribution in [0.1, 0.15) is 12.0 Å². The first-order valence-corrected chi connectivity index (χ1v) is 8.66. The van der Waals surface area contributed by atoms with Gasteiger partial charge >= 0.3 is 0 Å². The fourth-order valence-corrected chi connectivity index (χ4v) is 3.10.